The maximum atomic E-state index is 12.2. The van der Waals surface area contributed by atoms with E-state index in [2.05, 4.69) is 15.9 Å². The topological polar surface area (TPSA) is 89.7 Å². The zero-order valence-electron chi connectivity index (χ0n) is 13.4. The van der Waals surface area contributed by atoms with Crippen molar-refractivity contribution in [3.63, 3.8) is 0 Å². The largest absolute Gasteiger partial charge is 0.469 e. The Morgan fingerprint density at radius 1 is 1.46 bits per heavy atom. The lowest BCUT2D eigenvalue weighted by Gasteiger charge is -2.30. The van der Waals surface area contributed by atoms with Gasteiger partial charge in [-0.3, -0.25) is 14.9 Å². The van der Waals surface area contributed by atoms with Crippen LogP contribution in [0.5, 0.6) is 0 Å². The molecule has 0 spiro atoms. The minimum Gasteiger partial charge on any atom is -0.469 e. The van der Waals surface area contributed by atoms with E-state index < -0.39 is 23.5 Å². The molecule has 0 saturated heterocycles. The molecule has 130 valence electrons. The average molecular weight is 398 g/mol. The number of carbonyl (C=O) groups is 1. The second-order valence-corrected chi connectivity index (χ2v) is 6.90. The van der Waals surface area contributed by atoms with Crippen LogP contribution in [-0.4, -0.2) is 28.6 Å². The lowest BCUT2D eigenvalue weighted by molar-refractivity contribution is -0.559. The van der Waals surface area contributed by atoms with Crippen LogP contribution in [0.1, 0.15) is 37.4 Å². The summed E-state index contributed by atoms with van der Waals surface area (Å²) in [4.78, 5) is 23.5. The summed E-state index contributed by atoms with van der Waals surface area (Å²) in [5.41, 5.74) is -0.820. The van der Waals surface area contributed by atoms with Gasteiger partial charge in [-0.15, -0.1) is 0 Å². The smallest absolute Gasteiger partial charge is 0.311 e. The van der Waals surface area contributed by atoms with Crippen molar-refractivity contribution < 1.29 is 19.6 Å². The molecule has 1 aliphatic carbocycles. The summed E-state index contributed by atoms with van der Waals surface area (Å²) in [5.74, 6) is -1.66. The fourth-order valence-electron chi connectivity index (χ4n) is 3.06. The number of rotatable bonds is 6. The molecule has 1 N–H and O–H groups in total. The molecular weight excluding hydrogens is 378 g/mol. The summed E-state index contributed by atoms with van der Waals surface area (Å²) < 4.78 is 5.63. The Balaban J connectivity index is 2.32. The summed E-state index contributed by atoms with van der Waals surface area (Å²) >= 11 is 3.31. The minimum atomic E-state index is -1.34. The number of hydrogen-bond acceptors (Lipinski definition) is 5. The van der Waals surface area contributed by atoms with E-state index in [-0.39, 0.29) is 11.3 Å². The highest BCUT2D eigenvalue weighted by molar-refractivity contribution is 9.10. The molecule has 1 aromatic rings. The highest BCUT2D eigenvalue weighted by atomic mass is 79.9. The number of benzene rings is 1. The van der Waals surface area contributed by atoms with Crippen molar-refractivity contribution in [1.29, 1.82) is 0 Å². The number of nitrogens with zero attached hydrogens (tertiary/aromatic N) is 1. The molecule has 0 bridgehead atoms. The molecule has 6 nitrogen and oxygen atoms in total. The number of halogens is 1. The predicted octanol–water partition coefficient (Wildman–Crippen LogP) is 3.42. The SMILES string of the molecule is COC(=O)C(CC1([N+](=O)[O-])C=CCCC1)C(O)c1ccc(Br)cc1. The van der Waals surface area contributed by atoms with Gasteiger partial charge in [0.2, 0.25) is 5.54 Å². The van der Waals surface area contributed by atoms with Crippen LogP contribution in [0.4, 0.5) is 0 Å². The Labute approximate surface area is 148 Å². The molecule has 0 aromatic heterocycles. The molecule has 24 heavy (non-hydrogen) atoms. The van der Waals surface area contributed by atoms with Gasteiger partial charge in [0.1, 0.15) is 0 Å². The van der Waals surface area contributed by atoms with Crippen molar-refractivity contribution in [2.45, 2.75) is 37.3 Å². The number of methoxy groups -OCH3 is 1. The van der Waals surface area contributed by atoms with E-state index in [0.717, 1.165) is 10.9 Å². The van der Waals surface area contributed by atoms with Gasteiger partial charge in [0.05, 0.1) is 19.1 Å². The summed E-state index contributed by atoms with van der Waals surface area (Å²) in [6, 6.07) is 6.85. The standard InChI is InChI=1S/C17H20BrNO5/c1-24-16(21)14(15(20)12-5-7-13(18)8-6-12)11-17(19(22)23)9-3-2-4-10-17/h3,5-9,14-15,20H,2,4,10-11H2,1H3. The zero-order valence-corrected chi connectivity index (χ0v) is 14.9. The Morgan fingerprint density at radius 3 is 2.62 bits per heavy atom. The van der Waals surface area contributed by atoms with Crippen LogP contribution in [0.3, 0.4) is 0 Å². The van der Waals surface area contributed by atoms with Gasteiger partial charge in [-0.2, -0.15) is 0 Å². The fraction of sp³-hybridized carbons (Fsp3) is 0.471. The lowest BCUT2D eigenvalue weighted by Crippen LogP contribution is -2.42. The Morgan fingerprint density at radius 2 is 2.12 bits per heavy atom. The van der Waals surface area contributed by atoms with Crippen molar-refractivity contribution in [3.05, 3.63) is 56.6 Å². The number of aliphatic hydroxyl groups excluding tert-OH is 1. The fourth-order valence-corrected chi connectivity index (χ4v) is 3.32. The average Bonchev–Trinajstić information content (AvgIpc) is 2.60. The highest BCUT2D eigenvalue weighted by Gasteiger charge is 2.47. The Kier molecular flexibility index (Phi) is 6.12. The summed E-state index contributed by atoms with van der Waals surface area (Å²) in [6.45, 7) is 0. The van der Waals surface area contributed by atoms with Crippen molar-refractivity contribution in [1.82, 2.24) is 0 Å². The van der Waals surface area contributed by atoms with Crippen LogP contribution < -0.4 is 0 Å². The molecule has 0 aliphatic heterocycles. The van der Waals surface area contributed by atoms with Gasteiger partial charge >= 0.3 is 5.97 Å². The van der Waals surface area contributed by atoms with Gasteiger partial charge in [0, 0.05) is 22.2 Å². The predicted molar refractivity (Wildman–Crippen MR) is 91.9 cm³/mol. The normalized spacial score (nSPS) is 22.6. The first-order chi connectivity index (χ1) is 11.4. The Hall–Kier alpha value is -1.73. The number of allylic oxidation sites excluding steroid dienone is 1. The third-order valence-electron chi connectivity index (χ3n) is 4.44. The number of esters is 1. The van der Waals surface area contributed by atoms with E-state index in [9.17, 15) is 20.0 Å². The van der Waals surface area contributed by atoms with E-state index in [1.807, 2.05) is 0 Å². The molecule has 1 aromatic carbocycles. The summed E-state index contributed by atoms with van der Waals surface area (Å²) in [5, 5.41) is 22.3. The third-order valence-corrected chi connectivity index (χ3v) is 4.97. The van der Waals surface area contributed by atoms with Gasteiger partial charge in [0.15, 0.2) is 0 Å². The van der Waals surface area contributed by atoms with Crippen LogP contribution in [0.25, 0.3) is 0 Å². The monoisotopic (exact) mass is 397 g/mol. The van der Waals surface area contributed by atoms with Crippen molar-refractivity contribution in [2.75, 3.05) is 7.11 Å². The summed E-state index contributed by atoms with van der Waals surface area (Å²) in [7, 11) is 1.22. The van der Waals surface area contributed by atoms with Gasteiger partial charge in [-0.1, -0.05) is 34.1 Å². The first-order valence-electron chi connectivity index (χ1n) is 7.73. The van der Waals surface area contributed by atoms with Gasteiger partial charge < -0.3 is 9.84 Å². The second-order valence-electron chi connectivity index (χ2n) is 5.99. The van der Waals surface area contributed by atoms with Gasteiger partial charge in [-0.25, -0.2) is 0 Å². The van der Waals surface area contributed by atoms with Crippen molar-refractivity contribution in [2.24, 2.45) is 5.92 Å². The number of nitro groups is 1. The van der Waals surface area contributed by atoms with Gasteiger partial charge in [-0.05, 0) is 36.6 Å². The molecule has 3 unspecified atom stereocenters. The first kappa shape index (κ1) is 18.6. The van der Waals surface area contributed by atoms with E-state index >= 15 is 0 Å². The molecule has 0 amide bonds. The van der Waals surface area contributed by atoms with Crippen LogP contribution in [0, 0.1) is 16.0 Å². The molecule has 0 saturated carbocycles. The van der Waals surface area contributed by atoms with Crippen LogP contribution in [0.2, 0.25) is 0 Å². The lowest BCUT2D eigenvalue weighted by atomic mass is 9.78. The number of aliphatic hydroxyl groups is 1. The second kappa shape index (κ2) is 7.90. The highest BCUT2D eigenvalue weighted by Crippen LogP contribution is 2.37. The van der Waals surface area contributed by atoms with E-state index in [1.165, 1.54) is 7.11 Å². The third kappa shape index (κ3) is 4.02. The minimum absolute atomic E-state index is 0.0968. The molecule has 0 radical (unpaired) electrons. The van der Waals surface area contributed by atoms with E-state index in [1.54, 1.807) is 36.4 Å². The van der Waals surface area contributed by atoms with Crippen LogP contribution in [0.15, 0.2) is 40.9 Å². The molecule has 0 heterocycles. The van der Waals surface area contributed by atoms with Crippen molar-refractivity contribution >= 4 is 21.9 Å². The first-order valence-corrected chi connectivity index (χ1v) is 8.52. The summed E-state index contributed by atoms with van der Waals surface area (Å²) in [6.07, 6.45) is 3.87. The molecule has 3 atom stereocenters. The Bertz CT molecular complexity index is 630. The van der Waals surface area contributed by atoms with Crippen LogP contribution >= 0.6 is 15.9 Å². The maximum Gasteiger partial charge on any atom is 0.311 e. The van der Waals surface area contributed by atoms with Crippen molar-refractivity contribution in [3.8, 4) is 0 Å². The number of carbonyl (C=O) groups excluding carboxylic acids is 1. The molecular formula is C17H20BrNO5. The van der Waals surface area contributed by atoms with Crippen LogP contribution in [-0.2, 0) is 9.53 Å². The van der Waals surface area contributed by atoms with E-state index in [0.29, 0.717) is 18.4 Å². The van der Waals surface area contributed by atoms with Gasteiger partial charge in [0.25, 0.3) is 0 Å². The van der Waals surface area contributed by atoms with E-state index in [4.69, 9.17) is 4.74 Å². The maximum absolute atomic E-state index is 12.2. The molecule has 1 aliphatic rings. The zero-order chi connectivity index (χ0) is 17.7. The number of hydrogen-bond donors (Lipinski definition) is 1. The molecule has 7 heteroatoms. The molecule has 0 fully saturated rings. The quantitative estimate of drug-likeness (QED) is 0.343. The molecule has 2 rings (SSSR count). The number of ether oxygens (including phenoxy) is 1.